The maximum Gasteiger partial charge on any atom is 0.311 e. The van der Waals surface area contributed by atoms with Crippen molar-refractivity contribution in [2.45, 2.75) is 46.1 Å². The number of aryl methyl sites for hydroxylation is 1. The summed E-state index contributed by atoms with van der Waals surface area (Å²) in [5, 5.41) is 16.3. The van der Waals surface area contributed by atoms with Crippen LogP contribution in [0.25, 0.3) is 10.9 Å². The standard InChI is InChI=1S/C22H23BrN4O4/c1-4-5-9-20-25-18-11-10-16(23)12-17(18)22(28)26(20)24-13-15-7-6-8-19(27(29)30)21(15)31-14(2)3/h6-8,10-14H,4-5,9H2,1-3H3. The zero-order valence-corrected chi connectivity index (χ0v) is 19.1. The number of fused-ring (bicyclic) bond motifs is 1. The van der Waals surface area contributed by atoms with E-state index in [4.69, 9.17) is 4.74 Å². The molecule has 0 amide bonds. The number of halogens is 1. The average molecular weight is 487 g/mol. The number of benzene rings is 2. The lowest BCUT2D eigenvalue weighted by Crippen LogP contribution is -2.22. The number of nitro benzene ring substituents is 1. The van der Waals surface area contributed by atoms with Gasteiger partial charge >= 0.3 is 5.69 Å². The van der Waals surface area contributed by atoms with Gasteiger partial charge in [-0.25, -0.2) is 4.98 Å². The van der Waals surface area contributed by atoms with Gasteiger partial charge in [0.05, 0.1) is 28.1 Å². The van der Waals surface area contributed by atoms with Crippen molar-refractivity contribution < 1.29 is 9.66 Å². The molecule has 162 valence electrons. The molecular formula is C22H23BrN4O4. The van der Waals surface area contributed by atoms with Gasteiger partial charge in [-0.05, 0) is 44.5 Å². The Kier molecular flexibility index (Phi) is 7.17. The van der Waals surface area contributed by atoms with E-state index in [1.54, 1.807) is 38.1 Å². The van der Waals surface area contributed by atoms with Gasteiger partial charge in [0.25, 0.3) is 5.56 Å². The Morgan fingerprint density at radius 1 is 1.32 bits per heavy atom. The molecule has 0 aliphatic heterocycles. The lowest BCUT2D eigenvalue weighted by atomic mass is 10.2. The van der Waals surface area contributed by atoms with Crippen molar-refractivity contribution >= 4 is 38.7 Å². The number of unbranched alkanes of at least 4 members (excludes halogenated alkanes) is 1. The van der Waals surface area contributed by atoms with Crippen LogP contribution in [0.1, 0.15) is 45.0 Å². The van der Waals surface area contributed by atoms with Gasteiger partial charge in [-0.1, -0.05) is 35.3 Å². The average Bonchev–Trinajstić information content (AvgIpc) is 2.72. The van der Waals surface area contributed by atoms with Gasteiger partial charge < -0.3 is 4.74 Å². The van der Waals surface area contributed by atoms with Crippen LogP contribution in [0.4, 0.5) is 5.69 Å². The zero-order valence-electron chi connectivity index (χ0n) is 17.5. The predicted molar refractivity (Wildman–Crippen MR) is 124 cm³/mol. The summed E-state index contributed by atoms with van der Waals surface area (Å²) in [6, 6.07) is 9.94. The van der Waals surface area contributed by atoms with Crippen LogP contribution < -0.4 is 10.3 Å². The van der Waals surface area contributed by atoms with Crippen molar-refractivity contribution in [3.05, 3.63) is 72.7 Å². The third-order valence-corrected chi connectivity index (χ3v) is 5.01. The van der Waals surface area contributed by atoms with E-state index in [1.165, 1.54) is 17.0 Å². The van der Waals surface area contributed by atoms with E-state index in [0.717, 1.165) is 17.3 Å². The quantitative estimate of drug-likeness (QED) is 0.251. The molecule has 0 aliphatic rings. The number of nitro groups is 1. The van der Waals surface area contributed by atoms with Crippen molar-refractivity contribution in [2.75, 3.05) is 0 Å². The van der Waals surface area contributed by atoms with E-state index < -0.39 is 4.92 Å². The second-order valence-electron chi connectivity index (χ2n) is 7.27. The second kappa shape index (κ2) is 9.82. The Morgan fingerprint density at radius 2 is 2.10 bits per heavy atom. The van der Waals surface area contributed by atoms with Gasteiger partial charge in [0.15, 0.2) is 0 Å². The van der Waals surface area contributed by atoms with Crippen molar-refractivity contribution in [2.24, 2.45) is 5.10 Å². The van der Waals surface area contributed by atoms with E-state index >= 15 is 0 Å². The van der Waals surface area contributed by atoms with Crippen LogP contribution in [-0.2, 0) is 6.42 Å². The summed E-state index contributed by atoms with van der Waals surface area (Å²) in [4.78, 5) is 28.8. The lowest BCUT2D eigenvalue weighted by molar-refractivity contribution is -0.386. The highest BCUT2D eigenvalue weighted by molar-refractivity contribution is 9.10. The monoisotopic (exact) mass is 486 g/mol. The summed E-state index contributed by atoms with van der Waals surface area (Å²) in [5.74, 6) is 0.653. The Bertz CT molecular complexity index is 1200. The van der Waals surface area contributed by atoms with E-state index in [1.807, 2.05) is 6.07 Å². The number of nitrogens with zero attached hydrogens (tertiary/aromatic N) is 4. The molecule has 0 bridgehead atoms. The topological polar surface area (TPSA) is 99.6 Å². The molecule has 0 N–H and O–H groups in total. The Labute approximate surface area is 187 Å². The number of rotatable bonds is 8. The number of ether oxygens (including phenoxy) is 1. The van der Waals surface area contributed by atoms with Gasteiger partial charge in [-0.15, -0.1) is 0 Å². The molecule has 8 nitrogen and oxygen atoms in total. The number of hydrogen-bond donors (Lipinski definition) is 0. The van der Waals surface area contributed by atoms with Crippen molar-refractivity contribution in [3.8, 4) is 5.75 Å². The van der Waals surface area contributed by atoms with E-state index in [2.05, 4.69) is 32.9 Å². The van der Waals surface area contributed by atoms with Gasteiger partial charge in [-0.3, -0.25) is 14.9 Å². The molecule has 1 heterocycles. The number of aromatic nitrogens is 2. The summed E-state index contributed by atoms with van der Waals surface area (Å²) >= 11 is 3.39. The molecule has 0 fully saturated rings. The van der Waals surface area contributed by atoms with Crippen molar-refractivity contribution in [1.29, 1.82) is 0 Å². The highest BCUT2D eigenvalue weighted by Crippen LogP contribution is 2.31. The summed E-state index contributed by atoms with van der Waals surface area (Å²) in [7, 11) is 0. The molecule has 0 saturated carbocycles. The van der Waals surface area contributed by atoms with Crippen molar-refractivity contribution in [1.82, 2.24) is 9.66 Å². The highest BCUT2D eigenvalue weighted by atomic mass is 79.9. The first-order chi connectivity index (χ1) is 14.8. The smallest absolute Gasteiger partial charge is 0.311 e. The Morgan fingerprint density at radius 3 is 2.77 bits per heavy atom. The summed E-state index contributed by atoms with van der Waals surface area (Å²) in [5.41, 5.74) is 0.553. The van der Waals surface area contributed by atoms with Crippen LogP contribution in [-0.4, -0.2) is 26.9 Å². The first-order valence-corrected chi connectivity index (χ1v) is 10.8. The van der Waals surface area contributed by atoms with Crippen LogP contribution in [0.15, 0.2) is 50.8 Å². The molecule has 3 aromatic rings. The Balaban J connectivity index is 2.16. The predicted octanol–water partition coefficient (Wildman–Crippen LogP) is 5.08. The molecule has 0 atom stereocenters. The van der Waals surface area contributed by atoms with Crippen LogP contribution >= 0.6 is 15.9 Å². The molecule has 0 unspecified atom stereocenters. The third kappa shape index (κ3) is 5.16. The fraction of sp³-hybridized carbons (Fsp3) is 0.318. The van der Waals surface area contributed by atoms with Crippen LogP contribution in [0.2, 0.25) is 0 Å². The Hall–Kier alpha value is -3.07. The molecule has 9 heteroatoms. The van der Waals surface area contributed by atoms with E-state index in [0.29, 0.717) is 28.7 Å². The number of para-hydroxylation sites is 1. The van der Waals surface area contributed by atoms with Gasteiger partial charge in [0, 0.05) is 22.5 Å². The van der Waals surface area contributed by atoms with Crippen LogP contribution in [0.5, 0.6) is 5.75 Å². The van der Waals surface area contributed by atoms with Crippen LogP contribution in [0, 0.1) is 10.1 Å². The second-order valence-corrected chi connectivity index (χ2v) is 8.19. The third-order valence-electron chi connectivity index (χ3n) is 4.52. The van der Waals surface area contributed by atoms with E-state index in [-0.39, 0.29) is 23.1 Å². The lowest BCUT2D eigenvalue weighted by Gasteiger charge is -2.13. The minimum atomic E-state index is -0.497. The van der Waals surface area contributed by atoms with Gasteiger partial charge in [0.1, 0.15) is 5.82 Å². The molecule has 1 aromatic heterocycles. The molecular weight excluding hydrogens is 464 g/mol. The summed E-state index contributed by atoms with van der Waals surface area (Å²) < 4.78 is 7.73. The van der Waals surface area contributed by atoms with Gasteiger partial charge in [-0.2, -0.15) is 9.78 Å². The first-order valence-electron chi connectivity index (χ1n) is 10.0. The SMILES string of the molecule is CCCCc1nc2ccc(Br)cc2c(=O)n1N=Cc1cccc([N+](=O)[O-])c1OC(C)C. The minimum Gasteiger partial charge on any atom is -0.484 e. The van der Waals surface area contributed by atoms with Crippen molar-refractivity contribution in [3.63, 3.8) is 0 Å². The molecule has 0 aliphatic carbocycles. The summed E-state index contributed by atoms with van der Waals surface area (Å²) in [6.45, 7) is 5.63. The maximum absolute atomic E-state index is 13.2. The fourth-order valence-electron chi connectivity index (χ4n) is 3.08. The number of hydrogen-bond acceptors (Lipinski definition) is 6. The maximum atomic E-state index is 13.2. The van der Waals surface area contributed by atoms with Crippen LogP contribution in [0.3, 0.4) is 0 Å². The molecule has 0 spiro atoms. The van der Waals surface area contributed by atoms with Gasteiger partial charge in [0.2, 0.25) is 5.75 Å². The minimum absolute atomic E-state index is 0.117. The normalized spacial score (nSPS) is 11.5. The fourth-order valence-corrected chi connectivity index (χ4v) is 3.44. The molecule has 3 rings (SSSR count). The molecule has 2 aromatic carbocycles. The highest BCUT2D eigenvalue weighted by Gasteiger charge is 2.19. The summed E-state index contributed by atoms with van der Waals surface area (Å²) in [6.07, 6.45) is 3.51. The first kappa shape index (κ1) is 22.6. The van der Waals surface area contributed by atoms with E-state index in [9.17, 15) is 14.9 Å². The molecule has 31 heavy (non-hydrogen) atoms. The zero-order chi connectivity index (χ0) is 22.5. The molecule has 0 saturated heterocycles. The molecule has 0 radical (unpaired) electrons. The largest absolute Gasteiger partial charge is 0.484 e.